The largest absolute Gasteiger partial charge is 0.440 e. The average Bonchev–Trinajstić information content (AvgIpc) is 2.99. The van der Waals surface area contributed by atoms with Crippen molar-refractivity contribution in [2.45, 2.75) is 30.5 Å². The number of furan rings is 1. The van der Waals surface area contributed by atoms with Crippen LogP contribution < -0.4 is 4.72 Å². The predicted octanol–water partition coefficient (Wildman–Crippen LogP) is 0.940. The van der Waals surface area contributed by atoms with E-state index in [1.165, 1.54) is 12.1 Å². The normalized spacial score (nSPS) is 20.1. The molecule has 0 aliphatic carbocycles. The Morgan fingerprint density at radius 1 is 1.44 bits per heavy atom. The van der Waals surface area contributed by atoms with Crippen LogP contribution >= 0.6 is 0 Å². The van der Waals surface area contributed by atoms with Crippen molar-refractivity contribution in [3.05, 3.63) is 17.9 Å². The summed E-state index contributed by atoms with van der Waals surface area (Å²) in [6, 6.07) is 2.58. The number of nitrogens with one attached hydrogen (secondary N) is 1. The zero-order chi connectivity index (χ0) is 13.0. The molecule has 0 amide bonds. The van der Waals surface area contributed by atoms with E-state index in [1.807, 2.05) is 0 Å². The molecule has 0 radical (unpaired) electrons. The minimum atomic E-state index is -3.67. The Labute approximate surface area is 105 Å². The highest BCUT2D eigenvalue weighted by Gasteiger charge is 2.20. The highest BCUT2D eigenvalue weighted by atomic mass is 32.2. The Hall–Kier alpha value is -1.18. The summed E-state index contributed by atoms with van der Waals surface area (Å²) < 4.78 is 36.2. The number of hydrogen-bond donors (Lipinski definition) is 1. The molecular formula is C11H15NO5S. The van der Waals surface area contributed by atoms with Crippen molar-refractivity contribution in [2.24, 2.45) is 0 Å². The molecule has 2 rings (SSSR count). The van der Waals surface area contributed by atoms with Gasteiger partial charge in [-0.15, -0.1) is 0 Å². The SMILES string of the molecule is O=Cc1ccc(S(=O)(=O)NCCC2CCCO2)o1. The summed E-state index contributed by atoms with van der Waals surface area (Å²) >= 11 is 0. The molecule has 100 valence electrons. The minimum Gasteiger partial charge on any atom is -0.440 e. The number of sulfonamides is 1. The van der Waals surface area contributed by atoms with Crippen molar-refractivity contribution in [1.82, 2.24) is 4.72 Å². The fraction of sp³-hybridized carbons (Fsp3) is 0.545. The fourth-order valence-electron chi connectivity index (χ4n) is 1.84. The Balaban J connectivity index is 1.88. The first-order chi connectivity index (χ1) is 8.62. The lowest BCUT2D eigenvalue weighted by molar-refractivity contribution is 0.105. The van der Waals surface area contributed by atoms with Gasteiger partial charge in [-0.2, -0.15) is 0 Å². The molecule has 1 saturated heterocycles. The number of hydrogen-bond acceptors (Lipinski definition) is 5. The zero-order valence-corrected chi connectivity index (χ0v) is 10.6. The molecule has 1 aliphatic heterocycles. The molecule has 0 aromatic carbocycles. The Bertz CT molecular complexity index is 501. The van der Waals surface area contributed by atoms with Gasteiger partial charge in [0.25, 0.3) is 10.0 Å². The maximum Gasteiger partial charge on any atom is 0.273 e. The topological polar surface area (TPSA) is 85.6 Å². The predicted molar refractivity (Wildman–Crippen MR) is 62.9 cm³/mol. The zero-order valence-electron chi connectivity index (χ0n) is 9.79. The molecular weight excluding hydrogens is 258 g/mol. The Morgan fingerprint density at radius 2 is 2.28 bits per heavy atom. The van der Waals surface area contributed by atoms with Crippen molar-refractivity contribution in [3.63, 3.8) is 0 Å². The van der Waals surface area contributed by atoms with Gasteiger partial charge in [0.15, 0.2) is 12.0 Å². The van der Waals surface area contributed by atoms with Crippen LogP contribution in [0.15, 0.2) is 21.6 Å². The van der Waals surface area contributed by atoms with Crippen LogP contribution in [0.25, 0.3) is 0 Å². The van der Waals surface area contributed by atoms with Crippen LogP contribution in [0.4, 0.5) is 0 Å². The van der Waals surface area contributed by atoms with E-state index < -0.39 is 10.0 Å². The van der Waals surface area contributed by atoms with Gasteiger partial charge in [0.1, 0.15) is 0 Å². The second kappa shape index (κ2) is 5.64. The summed E-state index contributed by atoms with van der Waals surface area (Å²) in [7, 11) is -3.67. The second-order valence-electron chi connectivity index (χ2n) is 4.10. The van der Waals surface area contributed by atoms with Gasteiger partial charge in [0, 0.05) is 13.2 Å². The van der Waals surface area contributed by atoms with Gasteiger partial charge in [-0.1, -0.05) is 0 Å². The number of carbonyl (C=O) groups is 1. The summed E-state index contributed by atoms with van der Waals surface area (Å²) in [5.74, 6) is -0.00509. The minimum absolute atomic E-state index is 0.00509. The number of aldehydes is 1. The maximum atomic E-state index is 11.8. The van der Waals surface area contributed by atoms with E-state index in [2.05, 4.69) is 4.72 Å². The second-order valence-corrected chi connectivity index (χ2v) is 5.79. The van der Waals surface area contributed by atoms with E-state index in [9.17, 15) is 13.2 Å². The highest BCUT2D eigenvalue weighted by Crippen LogP contribution is 2.16. The van der Waals surface area contributed by atoms with Gasteiger partial charge in [0.05, 0.1) is 6.10 Å². The number of ether oxygens (including phenoxy) is 1. The molecule has 1 fully saturated rings. The third kappa shape index (κ3) is 3.18. The summed E-state index contributed by atoms with van der Waals surface area (Å²) in [6.45, 7) is 1.04. The smallest absolute Gasteiger partial charge is 0.273 e. The standard InChI is InChI=1S/C11H15NO5S/c13-8-10-3-4-11(17-10)18(14,15)12-6-5-9-2-1-7-16-9/h3-4,8-9,12H,1-2,5-7H2. The molecule has 0 spiro atoms. The lowest BCUT2D eigenvalue weighted by Crippen LogP contribution is -2.26. The van der Waals surface area contributed by atoms with E-state index in [-0.39, 0.29) is 17.0 Å². The molecule has 1 unspecified atom stereocenters. The summed E-state index contributed by atoms with van der Waals surface area (Å²) in [6.07, 6.45) is 3.23. The molecule has 1 N–H and O–H groups in total. The monoisotopic (exact) mass is 273 g/mol. The van der Waals surface area contributed by atoms with E-state index in [1.54, 1.807) is 0 Å². The van der Waals surface area contributed by atoms with Crippen molar-refractivity contribution < 1.29 is 22.4 Å². The van der Waals surface area contributed by atoms with Gasteiger partial charge >= 0.3 is 0 Å². The fourth-order valence-corrected chi connectivity index (χ4v) is 2.82. The average molecular weight is 273 g/mol. The van der Waals surface area contributed by atoms with Crippen LogP contribution in [0.2, 0.25) is 0 Å². The molecule has 1 aromatic heterocycles. The molecule has 7 heteroatoms. The maximum absolute atomic E-state index is 11.8. The van der Waals surface area contributed by atoms with Gasteiger partial charge < -0.3 is 9.15 Å². The molecule has 2 heterocycles. The highest BCUT2D eigenvalue weighted by molar-refractivity contribution is 7.89. The first-order valence-corrected chi connectivity index (χ1v) is 7.26. The summed E-state index contributed by atoms with van der Waals surface area (Å²) in [5, 5.41) is -0.239. The molecule has 18 heavy (non-hydrogen) atoms. The molecule has 0 bridgehead atoms. The van der Waals surface area contributed by atoms with Crippen molar-refractivity contribution in [1.29, 1.82) is 0 Å². The molecule has 6 nitrogen and oxygen atoms in total. The van der Waals surface area contributed by atoms with Gasteiger partial charge in [-0.05, 0) is 31.4 Å². The van der Waals surface area contributed by atoms with Crippen LogP contribution in [-0.4, -0.2) is 34.0 Å². The van der Waals surface area contributed by atoms with E-state index in [0.717, 1.165) is 19.4 Å². The van der Waals surface area contributed by atoms with E-state index >= 15 is 0 Å². The van der Waals surface area contributed by atoms with Crippen LogP contribution in [-0.2, 0) is 14.8 Å². The van der Waals surface area contributed by atoms with E-state index in [4.69, 9.17) is 9.15 Å². The third-order valence-corrected chi connectivity index (χ3v) is 4.10. The number of rotatable bonds is 6. The van der Waals surface area contributed by atoms with Crippen molar-refractivity contribution in [3.8, 4) is 0 Å². The van der Waals surface area contributed by atoms with Gasteiger partial charge in [0.2, 0.25) is 5.09 Å². The Kier molecular flexibility index (Phi) is 4.15. The molecule has 1 aromatic rings. The van der Waals surface area contributed by atoms with Crippen molar-refractivity contribution in [2.75, 3.05) is 13.2 Å². The first-order valence-electron chi connectivity index (χ1n) is 5.78. The van der Waals surface area contributed by atoms with Gasteiger partial charge in [-0.3, -0.25) is 4.79 Å². The molecule has 1 atom stereocenters. The summed E-state index contributed by atoms with van der Waals surface area (Å²) in [5.41, 5.74) is 0. The lowest BCUT2D eigenvalue weighted by atomic mass is 10.2. The van der Waals surface area contributed by atoms with Crippen molar-refractivity contribution >= 4 is 16.3 Å². The third-order valence-electron chi connectivity index (χ3n) is 2.77. The van der Waals surface area contributed by atoms with Gasteiger partial charge in [-0.25, -0.2) is 13.1 Å². The van der Waals surface area contributed by atoms with Crippen LogP contribution in [0.5, 0.6) is 0 Å². The summed E-state index contributed by atoms with van der Waals surface area (Å²) in [4.78, 5) is 10.4. The first kappa shape index (κ1) is 13.3. The van der Waals surface area contributed by atoms with Crippen LogP contribution in [0.3, 0.4) is 0 Å². The van der Waals surface area contributed by atoms with E-state index in [0.29, 0.717) is 19.3 Å². The quantitative estimate of drug-likeness (QED) is 0.780. The Morgan fingerprint density at radius 3 is 2.89 bits per heavy atom. The molecule has 0 saturated carbocycles. The van der Waals surface area contributed by atoms with Crippen LogP contribution in [0, 0.1) is 0 Å². The number of carbonyl (C=O) groups excluding carboxylic acids is 1. The molecule has 1 aliphatic rings. The lowest BCUT2D eigenvalue weighted by Gasteiger charge is -2.09. The van der Waals surface area contributed by atoms with Crippen LogP contribution in [0.1, 0.15) is 29.8 Å².